The van der Waals surface area contributed by atoms with Crippen LogP contribution >= 0.6 is 15.9 Å². The lowest BCUT2D eigenvalue weighted by Crippen LogP contribution is -2.30. The molecule has 0 aromatic heterocycles. The summed E-state index contributed by atoms with van der Waals surface area (Å²) in [4.78, 5) is 12.0. The average Bonchev–Trinajstić information content (AvgIpc) is 2.41. The third-order valence-electron chi connectivity index (χ3n) is 2.66. The van der Waals surface area contributed by atoms with E-state index in [2.05, 4.69) is 21.2 Å². The number of carbonyl (C=O) groups is 1. The first-order valence-corrected chi connectivity index (χ1v) is 6.93. The summed E-state index contributed by atoms with van der Waals surface area (Å²) in [6.07, 6.45) is -0.824. The van der Waals surface area contributed by atoms with Crippen molar-refractivity contribution < 1.29 is 18.3 Å². The van der Waals surface area contributed by atoms with E-state index in [9.17, 15) is 13.6 Å². The average molecular weight is 356 g/mol. The summed E-state index contributed by atoms with van der Waals surface area (Å²) in [6.45, 7) is 1.55. The second-order valence-electron chi connectivity index (χ2n) is 4.33. The number of anilines is 1. The van der Waals surface area contributed by atoms with Crippen molar-refractivity contribution in [1.29, 1.82) is 0 Å². The Morgan fingerprint density at radius 3 is 2.57 bits per heavy atom. The molecule has 0 fully saturated rings. The molecular weight excluding hydrogens is 344 g/mol. The highest BCUT2D eigenvalue weighted by molar-refractivity contribution is 9.10. The molecule has 1 amide bonds. The van der Waals surface area contributed by atoms with Gasteiger partial charge < -0.3 is 10.1 Å². The molecule has 0 saturated carbocycles. The molecule has 0 bridgehead atoms. The zero-order valence-electron chi connectivity index (χ0n) is 11.1. The maximum Gasteiger partial charge on any atom is 0.265 e. The normalized spacial score (nSPS) is 11.8. The van der Waals surface area contributed by atoms with Gasteiger partial charge in [0.2, 0.25) is 0 Å². The fraction of sp³-hybridized carbons (Fsp3) is 0.133. The molecule has 1 N–H and O–H groups in total. The molecule has 2 aromatic rings. The van der Waals surface area contributed by atoms with Crippen LogP contribution in [0.25, 0.3) is 0 Å². The molecule has 0 heterocycles. The van der Waals surface area contributed by atoms with E-state index < -0.39 is 23.6 Å². The van der Waals surface area contributed by atoms with Crippen LogP contribution in [0.5, 0.6) is 5.75 Å². The van der Waals surface area contributed by atoms with Crippen LogP contribution in [-0.2, 0) is 4.79 Å². The van der Waals surface area contributed by atoms with E-state index in [-0.39, 0.29) is 0 Å². The number of rotatable bonds is 4. The smallest absolute Gasteiger partial charge is 0.265 e. The lowest BCUT2D eigenvalue weighted by molar-refractivity contribution is -0.122. The number of hydrogen-bond donors (Lipinski definition) is 1. The van der Waals surface area contributed by atoms with Gasteiger partial charge in [-0.3, -0.25) is 4.79 Å². The largest absolute Gasteiger partial charge is 0.480 e. The summed E-state index contributed by atoms with van der Waals surface area (Å²) >= 11 is 3.15. The molecule has 110 valence electrons. The molecule has 0 spiro atoms. The lowest BCUT2D eigenvalue weighted by Gasteiger charge is -2.15. The van der Waals surface area contributed by atoms with Crippen LogP contribution < -0.4 is 10.1 Å². The molecule has 1 unspecified atom stereocenters. The standard InChI is InChI=1S/C15H12BrF2NO2/c1-9(21-14-6-5-11(18)8-13(14)16)15(20)19-12-4-2-3-10(17)7-12/h2-9H,1H3,(H,19,20). The van der Waals surface area contributed by atoms with Gasteiger partial charge in [0.15, 0.2) is 6.10 Å². The first-order valence-electron chi connectivity index (χ1n) is 6.14. The fourth-order valence-corrected chi connectivity index (χ4v) is 2.07. The number of ether oxygens (including phenoxy) is 1. The van der Waals surface area contributed by atoms with E-state index in [1.165, 1.54) is 36.4 Å². The van der Waals surface area contributed by atoms with E-state index in [0.717, 1.165) is 0 Å². The molecule has 21 heavy (non-hydrogen) atoms. The van der Waals surface area contributed by atoms with Crippen LogP contribution in [0.4, 0.5) is 14.5 Å². The molecule has 6 heteroatoms. The molecule has 0 saturated heterocycles. The van der Waals surface area contributed by atoms with Gasteiger partial charge in [0.05, 0.1) is 4.47 Å². The third-order valence-corrected chi connectivity index (χ3v) is 3.28. The first-order chi connectivity index (χ1) is 9.95. The lowest BCUT2D eigenvalue weighted by atomic mass is 10.3. The zero-order chi connectivity index (χ0) is 15.4. The highest BCUT2D eigenvalue weighted by atomic mass is 79.9. The fourth-order valence-electron chi connectivity index (χ4n) is 1.62. The summed E-state index contributed by atoms with van der Waals surface area (Å²) in [6, 6.07) is 9.45. The van der Waals surface area contributed by atoms with Gasteiger partial charge in [-0.15, -0.1) is 0 Å². The van der Waals surface area contributed by atoms with Gasteiger partial charge in [-0.05, 0) is 59.3 Å². The number of hydrogen-bond acceptors (Lipinski definition) is 2. The van der Waals surface area contributed by atoms with E-state index in [1.54, 1.807) is 13.0 Å². The first kappa shape index (κ1) is 15.4. The zero-order valence-corrected chi connectivity index (χ0v) is 12.7. The maximum absolute atomic E-state index is 13.0. The van der Waals surface area contributed by atoms with Crippen molar-refractivity contribution in [2.75, 3.05) is 5.32 Å². The van der Waals surface area contributed by atoms with Gasteiger partial charge in [0.1, 0.15) is 17.4 Å². The van der Waals surface area contributed by atoms with E-state index in [0.29, 0.717) is 15.9 Å². The molecule has 0 aliphatic heterocycles. The quantitative estimate of drug-likeness (QED) is 0.895. The van der Waals surface area contributed by atoms with Gasteiger partial charge in [0.25, 0.3) is 5.91 Å². The van der Waals surface area contributed by atoms with Gasteiger partial charge in [0, 0.05) is 5.69 Å². The highest BCUT2D eigenvalue weighted by Gasteiger charge is 2.16. The Balaban J connectivity index is 2.02. The van der Waals surface area contributed by atoms with Crippen molar-refractivity contribution in [3.63, 3.8) is 0 Å². The number of amides is 1. The SMILES string of the molecule is CC(Oc1ccc(F)cc1Br)C(=O)Nc1cccc(F)c1. The minimum atomic E-state index is -0.824. The van der Waals surface area contributed by atoms with Crippen LogP contribution in [0.15, 0.2) is 46.9 Å². The highest BCUT2D eigenvalue weighted by Crippen LogP contribution is 2.26. The Labute approximate surface area is 129 Å². The van der Waals surface area contributed by atoms with Crippen molar-refractivity contribution in [3.05, 3.63) is 58.6 Å². The minimum absolute atomic E-state index is 0.341. The van der Waals surface area contributed by atoms with E-state index in [1.807, 2.05) is 0 Å². The number of nitrogens with one attached hydrogen (secondary N) is 1. The van der Waals surface area contributed by atoms with E-state index >= 15 is 0 Å². The van der Waals surface area contributed by atoms with Crippen molar-refractivity contribution >= 4 is 27.5 Å². The summed E-state index contributed by atoms with van der Waals surface area (Å²) in [5.74, 6) is -0.941. The third kappa shape index (κ3) is 4.26. The summed E-state index contributed by atoms with van der Waals surface area (Å²) in [5, 5.41) is 2.54. The topological polar surface area (TPSA) is 38.3 Å². The Kier molecular flexibility index (Phi) is 4.90. The second kappa shape index (κ2) is 6.67. The Morgan fingerprint density at radius 1 is 1.19 bits per heavy atom. The minimum Gasteiger partial charge on any atom is -0.480 e. The summed E-state index contributed by atoms with van der Waals surface area (Å²) in [5.41, 5.74) is 0.341. The molecule has 0 aliphatic rings. The predicted octanol–water partition coefficient (Wildman–Crippen LogP) is 4.13. The molecule has 3 nitrogen and oxygen atoms in total. The van der Waals surface area contributed by atoms with E-state index in [4.69, 9.17) is 4.74 Å². The second-order valence-corrected chi connectivity index (χ2v) is 5.19. The van der Waals surface area contributed by atoms with Crippen LogP contribution in [0.2, 0.25) is 0 Å². The maximum atomic E-state index is 13.0. The van der Waals surface area contributed by atoms with Gasteiger partial charge in [-0.1, -0.05) is 6.07 Å². The Morgan fingerprint density at radius 2 is 1.90 bits per heavy atom. The molecule has 2 rings (SSSR count). The number of benzene rings is 2. The molecule has 1 atom stereocenters. The molecule has 0 aliphatic carbocycles. The van der Waals surface area contributed by atoms with Crippen LogP contribution in [0, 0.1) is 11.6 Å². The summed E-state index contributed by atoms with van der Waals surface area (Å²) in [7, 11) is 0. The predicted molar refractivity (Wildman–Crippen MR) is 79.2 cm³/mol. The van der Waals surface area contributed by atoms with Gasteiger partial charge in [-0.25, -0.2) is 8.78 Å². The summed E-state index contributed by atoms with van der Waals surface area (Å²) < 4.78 is 31.9. The van der Waals surface area contributed by atoms with Crippen molar-refractivity contribution in [2.24, 2.45) is 0 Å². The van der Waals surface area contributed by atoms with Crippen molar-refractivity contribution in [3.8, 4) is 5.75 Å². The number of halogens is 3. The van der Waals surface area contributed by atoms with Crippen LogP contribution in [0.1, 0.15) is 6.92 Å². The van der Waals surface area contributed by atoms with Gasteiger partial charge in [-0.2, -0.15) is 0 Å². The van der Waals surface area contributed by atoms with Crippen LogP contribution in [-0.4, -0.2) is 12.0 Å². The molecular formula is C15H12BrF2NO2. The molecule has 0 radical (unpaired) electrons. The van der Waals surface area contributed by atoms with Crippen molar-refractivity contribution in [2.45, 2.75) is 13.0 Å². The van der Waals surface area contributed by atoms with Crippen molar-refractivity contribution in [1.82, 2.24) is 0 Å². The van der Waals surface area contributed by atoms with Gasteiger partial charge >= 0.3 is 0 Å². The monoisotopic (exact) mass is 355 g/mol. The Bertz CT molecular complexity index is 664. The van der Waals surface area contributed by atoms with Crippen LogP contribution in [0.3, 0.4) is 0 Å². The Hall–Kier alpha value is -1.95. The number of carbonyl (C=O) groups excluding carboxylic acids is 1. The molecule has 2 aromatic carbocycles.